The monoisotopic (exact) mass is 233 g/mol. The van der Waals surface area contributed by atoms with Crippen molar-refractivity contribution >= 4 is 11.4 Å². The molecule has 0 spiro atoms. The molecule has 0 aliphatic heterocycles. The Morgan fingerprint density at radius 1 is 1.29 bits per heavy atom. The van der Waals surface area contributed by atoms with E-state index in [0.29, 0.717) is 0 Å². The Morgan fingerprint density at radius 2 is 2.12 bits per heavy atom. The molecular formula is C14H23N3. The highest BCUT2D eigenvalue weighted by Gasteiger charge is 2.28. The zero-order chi connectivity index (χ0) is 12.1. The molecule has 0 saturated heterocycles. The molecule has 2 rings (SSSR count). The Labute approximate surface area is 104 Å². The summed E-state index contributed by atoms with van der Waals surface area (Å²) in [6, 6.07) is 2.99. The SMILES string of the molecule is CCCNc1cncc(N(CCC)C2CC2)c1. The maximum atomic E-state index is 4.35. The van der Waals surface area contributed by atoms with E-state index in [1.165, 1.54) is 24.9 Å². The Kier molecular flexibility index (Phi) is 4.24. The molecule has 0 bridgehead atoms. The Morgan fingerprint density at radius 3 is 2.76 bits per heavy atom. The van der Waals surface area contributed by atoms with Crippen LogP contribution >= 0.6 is 0 Å². The van der Waals surface area contributed by atoms with E-state index in [2.05, 4.69) is 35.1 Å². The second-order valence-electron chi connectivity index (χ2n) is 4.78. The molecule has 1 aromatic heterocycles. The molecule has 0 amide bonds. The molecule has 0 aromatic carbocycles. The van der Waals surface area contributed by atoms with Crippen LogP contribution in [0, 0.1) is 0 Å². The number of pyridine rings is 1. The third-order valence-electron chi connectivity index (χ3n) is 3.09. The van der Waals surface area contributed by atoms with Crippen LogP contribution in [0.3, 0.4) is 0 Å². The molecular weight excluding hydrogens is 210 g/mol. The summed E-state index contributed by atoms with van der Waals surface area (Å²) in [5, 5.41) is 3.40. The van der Waals surface area contributed by atoms with Gasteiger partial charge in [-0.2, -0.15) is 0 Å². The minimum Gasteiger partial charge on any atom is -0.384 e. The van der Waals surface area contributed by atoms with Crippen LogP contribution in [-0.2, 0) is 0 Å². The van der Waals surface area contributed by atoms with Crippen molar-refractivity contribution in [2.24, 2.45) is 0 Å². The summed E-state index contributed by atoms with van der Waals surface area (Å²) in [5.41, 5.74) is 2.42. The van der Waals surface area contributed by atoms with Gasteiger partial charge in [0.1, 0.15) is 0 Å². The topological polar surface area (TPSA) is 28.2 Å². The van der Waals surface area contributed by atoms with E-state index >= 15 is 0 Å². The van der Waals surface area contributed by atoms with Gasteiger partial charge in [0.25, 0.3) is 0 Å². The van der Waals surface area contributed by atoms with Crippen molar-refractivity contribution < 1.29 is 0 Å². The molecule has 0 radical (unpaired) electrons. The highest BCUT2D eigenvalue weighted by Crippen LogP contribution is 2.32. The number of nitrogens with zero attached hydrogens (tertiary/aromatic N) is 2. The second kappa shape index (κ2) is 5.89. The maximum absolute atomic E-state index is 4.35. The van der Waals surface area contributed by atoms with Crippen LogP contribution in [0.5, 0.6) is 0 Å². The maximum Gasteiger partial charge on any atom is 0.0575 e. The van der Waals surface area contributed by atoms with Crippen LogP contribution in [0.15, 0.2) is 18.5 Å². The van der Waals surface area contributed by atoms with E-state index in [9.17, 15) is 0 Å². The molecule has 0 atom stereocenters. The first kappa shape index (κ1) is 12.2. The highest BCUT2D eigenvalue weighted by molar-refractivity contribution is 5.56. The van der Waals surface area contributed by atoms with Gasteiger partial charge in [-0.3, -0.25) is 4.98 Å². The van der Waals surface area contributed by atoms with E-state index in [1.807, 2.05) is 12.4 Å². The van der Waals surface area contributed by atoms with Crippen LogP contribution in [0.4, 0.5) is 11.4 Å². The zero-order valence-electron chi connectivity index (χ0n) is 10.9. The van der Waals surface area contributed by atoms with Crippen molar-refractivity contribution in [2.75, 3.05) is 23.3 Å². The Balaban J connectivity index is 2.07. The predicted octanol–water partition coefficient (Wildman–Crippen LogP) is 3.28. The molecule has 1 aromatic rings. The van der Waals surface area contributed by atoms with Gasteiger partial charge < -0.3 is 10.2 Å². The van der Waals surface area contributed by atoms with Gasteiger partial charge in [0.05, 0.1) is 23.8 Å². The summed E-state index contributed by atoms with van der Waals surface area (Å²) < 4.78 is 0. The van der Waals surface area contributed by atoms with E-state index in [0.717, 1.165) is 31.2 Å². The molecule has 1 aliphatic carbocycles. The molecule has 0 unspecified atom stereocenters. The van der Waals surface area contributed by atoms with E-state index in [4.69, 9.17) is 0 Å². The van der Waals surface area contributed by atoms with Crippen LogP contribution in [0.2, 0.25) is 0 Å². The molecule has 1 heterocycles. The van der Waals surface area contributed by atoms with Gasteiger partial charge in [0, 0.05) is 19.1 Å². The molecule has 1 N–H and O–H groups in total. The van der Waals surface area contributed by atoms with E-state index < -0.39 is 0 Å². The lowest BCUT2D eigenvalue weighted by atomic mass is 10.3. The van der Waals surface area contributed by atoms with Crippen LogP contribution in [-0.4, -0.2) is 24.1 Å². The van der Waals surface area contributed by atoms with Gasteiger partial charge >= 0.3 is 0 Å². The normalized spacial score (nSPS) is 14.7. The molecule has 3 nitrogen and oxygen atoms in total. The quantitative estimate of drug-likeness (QED) is 0.783. The van der Waals surface area contributed by atoms with Gasteiger partial charge in [0.15, 0.2) is 0 Å². The van der Waals surface area contributed by atoms with Crippen LogP contribution in [0.25, 0.3) is 0 Å². The minimum atomic E-state index is 0.762. The number of rotatable bonds is 7. The second-order valence-corrected chi connectivity index (χ2v) is 4.78. The van der Waals surface area contributed by atoms with Gasteiger partial charge in [0.2, 0.25) is 0 Å². The molecule has 1 fully saturated rings. The highest BCUT2D eigenvalue weighted by atomic mass is 15.2. The largest absolute Gasteiger partial charge is 0.384 e. The number of hydrogen-bond donors (Lipinski definition) is 1. The van der Waals surface area contributed by atoms with Crippen molar-refractivity contribution in [2.45, 2.75) is 45.6 Å². The fourth-order valence-corrected chi connectivity index (χ4v) is 2.10. The smallest absolute Gasteiger partial charge is 0.0575 e. The molecule has 94 valence electrons. The first-order chi connectivity index (χ1) is 8.35. The summed E-state index contributed by atoms with van der Waals surface area (Å²) in [6.07, 6.45) is 8.93. The van der Waals surface area contributed by atoms with Crippen LogP contribution < -0.4 is 10.2 Å². The lowest BCUT2D eigenvalue weighted by Gasteiger charge is -2.24. The van der Waals surface area contributed by atoms with E-state index in [-0.39, 0.29) is 0 Å². The average molecular weight is 233 g/mol. The summed E-state index contributed by atoms with van der Waals surface area (Å²) in [6.45, 7) is 6.58. The van der Waals surface area contributed by atoms with Gasteiger partial charge in [-0.25, -0.2) is 0 Å². The summed E-state index contributed by atoms with van der Waals surface area (Å²) >= 11 is 0. The van der Waals surface area contributed by atoms with Gasteiger partial charge in [-0.15, -0.1) is 0 Å². The number of hydrogen-bond acceptors (Lipinski definition) is 3. The van der Waals surface area contributed by atoms with Gasteiger partial charge in [-0.1, -0.05) is 13.8 Å². The Hall–Kier alpha value is -1.25. The van der Waals surface area contributed by atoms with E-state index in [1.54, 1.807) is 0 Å². The molecule has 1 saturated carbocycles. The number of nitrogens with one attached hydrogen (secondary N) is 1. The van der Waals surface area contributed by atoms with Gasteiger partial charge in [-0.05, 0) is 31.7 Å². The summed E-state index contributed by atoms with van der Waals surface area (Å²) in [5.74, 6) is 0. The molecule has 17 heavy (non-hydrogen) atoms. The zero-order valence-corrected chi connectivity index (χ0v) is 10.9. The third kappa shape index (κ3) is 3.35. The first-order valence-electron chi connectivity index (χ1n) is 6.80. The summed E-state index contributed by atoms with van der Waals surface area (Å²) in [4.78, 5) is 6.85. The Bertz CT molecular complexity index is 347. The standard InChI is InChI=1S/C14H23N3/c1-3-7-16-12-9-14(11-15-10-12)17(8-4-2)13-5-6-13/h9-11,13,16H,3-8H2,1-2H3. The number of aromatic nitrogens is 1. The van der Waals surface area contributed by atoms with Crippen molar-refractivity contribution in [3.8, 4) is 0 Å². The lowest BCUT2D eigenvalue weighted by Crippen LogP contribution is -2.26. The average Bonchev–Trinajstić information content (AvgIpc) is 3.18. The lowest BCUT2D eigenvalue weighted by molar-refractivity contribution is 0.761. The minimum absolute atomic E-state index is 0.762. The fourth-order valence-electron chi connectivity index (χ4n) is 2.10. The number of anilines is 2. The van der Waals surface area contributed by atoms with Crippen LogP contribution in [0.1, 0.15) is 39.5 Å². The van der Waals surface area contributed by atoms with Crippen molar-refractivity contribution in [3.63, 3.8) is 0 Å². The third-order valence-corrected chi connectivity index (χ3v) is 3.09. The van der Waals surface area contributed by atoms with Crippen molar-refractivity contribution in [1.29, 1.82) is 0 Å². The molecule has 1 aliphatic rings. The van der Waals surface area contributed by atoms with Crippen molar-refractivity contribution in [3.05, 3.63) is 18.5 Å². The first-order valence-corrected chi connectivity index (χ1v) is 6.80. The summed E-state index contributed by atoms with van der Waals surface area (Å²) in [7, 11) is 0. The van der Waals surface area contributed by atoms with Crippen molar-refractivity contribution in [1.82, 2.24) is 4.98 Å². The molecule has 3 heteroatoms. The fraction of sp³-hybridized carbons (Fsp3) is 0.643. The predicted molar refractivity (Wildman–Crippen MR) is 73.7 cm³/mol.